The largest absolute Gasteiger partial charge is 0.405 e. The Bertz CT molecular complexity index is 635. The second-order valence-electron chi connectivity index (χ2n) is 4.51. The maximum atomic E-state index is 11.6. The van der Waals surface area contributed by atoms with Crippen LogP contribution in [0, 0.1) is 0 Å². The molecule has 1 saturated heterocycles. The summed E-state index contributed by atoms with van der Waals surface area (Å²) < 4.78 is 10.8. The minimum absolute atomic E-state index is 0.126. The lowest BCUT2D eigenvalue weighted by atomic mass is 10.2. The van der Waals surface area contributed by atoms with Crippen molar-refractivity contribution in [3.63, 3.8) is 0 Å². The summed E-state index contributed by atoms with van der Waals surface area (Å²) in [7, 11) is 0. The summed E-state index contributed by atoms with van der Waals surface area (Å²) in [6.07, 6.45) is -0.427. The molecule has 1 aliphatic heterocycles. The van der Waals surface area contributed by atoms with Crippen molar-refractivity contribution in [2.75, 3.05) is 6.54 Å². The Hall–Kier alpha value is -2.01. The van der Waals surface area contributed by atoms with Gasteiger partial charge in [0.1, 0.15) is 6.23 Å². The molecule has 2 heterocycles. The molecule has 0 bridgehead atoms. The van der Waals surface area contributed by atoms with Crippen LogP contribution in [0.1, 0.15) is 19.1 Å². The molecule has 2 unspecified atom stereocenters. The van der Waals surface area contributed by atoms with E-state index in [4.69, 9.17) is 10.5 Å². The molecular weight excluding hydrogens is 286 g/mol. The number of ether oxygens (including phenoxy) is 2. The Morgan fingerprint density at radius 3 is 2.86 bits per heavy atom. The maximum Gasteiger partial charge on any atom is 0.352 e. The number of rotatable bonds is 4. The summed E-state index contributed by atoms with van der Waals surface area (Å²) in [5.74, 6) is -3.84. The highest BCUT2D eigenvalue weighted by Gasteiger charge is 2.45. The van der Waals surface area contributed by atoms with E-state index in [1.54, 1.807) is 0 Å². The van der Waals surface area contributed by atoms with Crippen LogP contribution >= 0.6 is 0 Å². The van der Waals surface area contributed by atoms with Gasteiger partial charge >= 0.3 is 17.6 Å². The molecule has 10 heteroatoms. The van der Waals surface area contributed by atoms with E-state index in [2.05, 4.69) is 9.72 Å². The first-order valence-corrected chi connectivity index (χ1v) is 6.17. The molecule has 0 radical (unpaired) electrons. The minimum Gasteiger partial charge on any atom is -0.405 e. The number of hydrogen-bond acceptors (Lipinski definition) is 8. The zero-order chi connectivity index (χ0) is 15.6. The van der Waals surface area contributed by atoms with Gasteiger partial charge in [-0.15, -0.1) is 0 Å². The monoisotopic (exact) mass is 301 g/mol. The van der Waals surface area contributed by atoms with Crippen molar-refractivity contribution in [2.24, 2.45) is 5.73 Å². The van der Waals surface area contributed by atoms with Gasteiger partial charge in [-0.25, -0.2) is 4.79 Å². The van der Waals surface area contributed by atoms with Gasteiger partial charge in [-0.2, -0.15) is 0 Å². The lowest BCUT2D eigenvalue weighted by molar-refractivity contribution is -0.362. The number of H-pyrrole nitrogens is 1. The fraction of sp³-hybridized carbons (Fsp3) is 0.545. The van der Waals surface area contributed by atoms with Crippen LogP contribution in [0.2, 0.25) is 0 Å². The molecule has 0 saturated carbocycles. The Morgan fingerprint density at radius 2 is 2.24 bits per heavy atom. The van der Waals surface area contributed by atoms with Crippen molar-refractivity contribution in [1.82, 2.24) is 9.55 Å². The number of aromatic amines is 1. The van der Waals surface area contributed by atoms with Crippen molar-refractivity contribution in [3.8, 4) is 0 Å². The molecule has 2 atom stereocenters. The zero-order valence-corrected chi connectivity index (χ0v) is 10.9. The number of aliphatic hydroxyl groups is 2. The zero-order valence-electron chi connectivity index (χ0n) is 10.9. The Balaban J connectivity index is 2.11. The highest BCUT2D eigenvalue weighted by Crippen LogP contribution is 2.32. The van der Waals surface area contributed by atoms with E-state index in [-0.39, 0.29) is 12.8 Å². The standard InChI is InChI=1S/C11H15N3O7/c12-5-9(16)21-11(18,19)6-1-2-8(20-6)14-4-3-7(15)13-10(14)17/h3-4,6,8,18-19H,1-2,5,12H2,(H,13,15,17). The quantitative estimate of drug-likeness (QED) is 0.347. The van der Waals surface area contributed by atoms with Gasteiger partial charge in [0, 0.05) is 12.3 Å². The normalized spacial score (nSPS) is 22.2. The van der Waals surface area contributed by atoms with Crippen LogP contribution in [-0.4, -0.2) is 44.4 Å². The van der Waals surface area contributed by atoms with Gasteiger partial charge in [-0.05, 0) is 12.8 Å². The van der Waals surface area contributed by atoms with E-state index >= 15 is 0 Å². The van der Waals surface area contributed by atoms with Crippen molar-refractivity contribution < 1.29 is 24.5 Å². The van der Waals surface area contributed by atoms with E-state index < -0.39 is 42.1 Å². The SMILES string of the molecule is NCC(=O)OC(O)(O)C1CCC(n2ccc(=O)[nH]c2=O)O1. The summed E-state index contributed by atoms with van der Waals surface area (Å²) in [6.45, 7) is -0.515. The van der Waals surface area contributed by atoms with Crippen LogP contribution < -0.4 is 17.0 Å². The topological polar surface area (TPSA) is 157 Å². The van der Waals surface area contributed by atoms with Crippen molar-refractivity contribution in [3.05, 3.63) is 33.1 Å². The third kappa shape index (κ3) is 3.36. The molecule has 0 aromatic carbocycles. The number of aromatic nitrogens is 2. The second-order valence-corrected chi connectivity index (χ2v) is 4.51. The summed E-state index contributed by atoms with van der Waals surface area (Å²) in [5.41, 5.74) is 3.77. The second kappa shape index (κ2) is 5.77. The number of hydrogen-bond donors (Lipinski definition) is 4. The number of carbonyl (C=O) groups excluding carboxylic acids is 1. The van der Waals surface area contributed by atoms with Crippen LogP contribution in [0.3, 0.4) is 0 Å². The smallest absolute Gasteiger partial charge is 0.352 e. The van der Waals surface area contributed by atoms with Gasteiger partial charge in [-0.3, -0.25) is 19.1 Å². The number of nitrogens with two attached hydrogens (primary N) is 1. The number of esters is 1. The van der Waals surface area contributed by atoms with Gasteiger partial charge in [0.25, 0.3) is 5.56 Å². The Morgan fingerprint density at radius 1 is 1.52 bits per heavy atom. The van der Waals surface area contributed by atoms with E-state index in [0.29, 0.717) is 0 Å². The van der Waals surface area contributed by atoms with Crippen LogP contribution in [0.25, 0.3) is 0 Å². The first-order chi connectivity index (χ1) is 9.83. The molecule has 0 spiro atoms. The fourth-order valence-corrected chi connectivity index (χ4v) is 2.03. The van der Waals surface area contributed by atoms with Crippen LogP contribution in [0.15, 0.2) is 21.9 Å². The van der Waals surface area contributed by atoms with E-state index in [1.165, 1.54) is 6.20 Å². The molecular formula is C11H15N3O7. The molecule has 0 amide bonds. The molecule has 10 nitrogen and oxygen atoms in total. The average molecular weight is 301 g/mol. The van der Waals surface area contributed by atoms with E-state index in [9.17, 15) is 24.6 Å². The van der Waals surface area contributed by atoms with Crippen LogP contribution in [0.4, 0.5) is 0 Å². The third-order valence-electron chi connectivity index (χ3n) is 3.01. The molecule has 1 aromatic rings. The summed E-state index contributed by atoms with van der Waals surface area (Å²) in [5, 5.41) is 19.4. The molecule has 116 valence electrons. The predicted octanol–water partition coefficient (Wildman–Crippen LogP) is -2.65. The van der Waals surface area contributed by atoms with E-state index in [1.807, 2.05) is 0 Å². The summed E-state index contributed by atoms with van der Waals surface area (Å²) >= 11 is 0. The highest BCUT2D eigenvalue weighted by atomic mass is 16.8. The van der Waals surface area contributed by atoms with E-state index in [0.717, 1.165) is 10.6 Å². The Kier molecular flexibility index (Phi) is 4.23. The molecule has 1 aromatic heterocycles. The average Bonchev–Trinajstić information content (AvgIpc) is 2.88. The molecule has 0 aliphatic carbocycles. The molecule has 21 heavy (non-hydrogen) atoms. The van der Waals surface area contributed by atoms with Crippen LogP contribution in [-0.2, 0) is 14.3 Å². The third-order valence-corrected chi connectivity index (χ3v) is 3.01. The van der Waals surface area contributed by atoms with Crippen LogP contribution in [0.5, 0.6) is 0 Å². The number of nitrogens with zero attached hydrogens (tertiary/aromatic N) is 1. The number of carbonyl (C=O) groups is 1. The lowest BCUT2D eigenvalue weighted by Gasteiger charge is -2.27. The fourth-order valence-electron chi connectivity index (χ4n) is 2.03. The van der Waals surface area contributed by atoms with Gasteiger partial charge in [-0.1, -0.05) is 0 Å². The molecule has 1 fully saturated rings. The predicted molar refractivity (Wildman–Crippen MR) is 66.8 cm³/mol. The number of nitrogens with one attached hydrogen (secondary N) is 1. The Labute approximate surface area is 117 Å². The lowest BCUT2D eigenvalue weighted by Crippen LogP contribution is -2.47. The van der Waals surface area contributed by atoms with Gasteiger partial charge in [0.05, 0.1) is 6.54 Å². The first-order valence-electron chi connectivity index (χ1n) is 6.17. The minimum atomic E-state index is -2.84. The molecule has 2 rings (SSSR count). The first kappa shape index (κ1) is 15.4. The highest BCUT2D eigenvalue weighted by molar-refractivity contribution is 5.71. The molecule has 1 aliphatic rings. The molecule has 5 N–H and O–H groups in total. The van der Waals surface area contributed by atoms with Crippen molar-refractivity contribution >= 4 is 5.97 Å². The summed E-state index contributed by atoms with van der Waals surface area (Å²) in [4.78, 5) is 35.6. The maximum absolute atomic E-state index is 11.6. The van der Waals surface area contributed by atoms with Crippen molar-refractivity contribution in [2.45, 2.75) is 31.1 Å². The van der Waals surface area contributed by atoms with Gasteiger partial charge in [0.2, 0.25) is 0 Å². The van der Waals surface area contributed by atoms with Crippen molar-refractivity contribution in [1.29, 1.82) is 0 Å². The summed E-state index contributed by atoms with van der Waals surface area (Å²) in [6, 6.07) is 1.14. The van der Waals surface area contributed by atoms with Gasteiger partial charge < -0.3 is 25.4 Å². The van der Waals surface area contributed by atoms with Gasteiger partial charge in [0.15, 0.2) is 6.10 Å².